The Morgan fingerprint density at radius 3 is 2.81 bits per heavy atom. The highest BCUT2D eigenvalue weighted by Crippen LogP contribution is 2.25. The summed E-state index contributed by atoms with van der Waals surface area (Å²) in [4.78, 5) is 11.2. The third-order valence-electron chi connectivity index (χ3n) is 3.43. The first-order chi connectivity index (χ1) is 9.83. The van der Waals surface area contributed by atoms with Gasteiger partial charge in [-0.2, -0.15) is 4.31 Å². The summed E-state index contributed by atoms with van der Waals surface area (Å²) in [6.45, 7) is -0.00881. The fourth-order valence-electron chi connectivity index (χ4n) is 2.39. The second-order valence-electron chi connectivity index (χ2n) is 4.90. The van der Waals surface area contributed by atoms with Crippen LogP contribution in [0, 0.1) is 5.82 Å². The molecule has 2 atom stereocenters. The van der Waals surface area contributed by atoms with Crippen LogP contribution < -0.4 is 0 Å². The van der Waals surface area contributed by atoms with Crippen LogP contribution >= 0.6 is 0 Å². The van der Waals surface area contributed by atoms with E-state index in [0.717, 1.165) is 10.4 Å². The van der Waals surface area contributed by atoms with Gasteiger partial charge >= 0.3 is 5.97 Å². The van der Waals surface area contributed by atoms with Crippen molar-refractivity contribution in [2.75, 3.05) is 13.7 Å². The van der Waals surface area contributed by atoms with Gasteiger partial charge in [0.2, 0.25) is 10.0 Å². The molecular formula is C13H16FNO5S. The molecule has 0 saturated carbocycles. The van der Waals surface area contributed by atoms with Crippen LogP contribution in [0.4, 0.5) is 4.39 Å². The van der Waals surface area contributed by atoms with Gasteiger partial charge in [0.1, 0.15) is 11.9 Å². The summed E-state index contributed by atoms with van der Waals surface area (Å²) >= 11 is 0. The molecule has 1 aromatic rings. The number of nitrogens with zero attached hydrogens (tertiary/aromatic N) is 1. The first-order valence-corrected chi connectivity index (χ1v) is 7.94. The summed E-state index contributed by atoms with van der Waals surface area (Å²) in [6.07, 6.45) is -0.345. The van der Waals surface area contributed by atoms with E-state index in [4.69, 9.17) is 9.84 Å². The number of methoxy groups -OCH3 is 1. The van der Waals surface area contributed by atoms with E-state index in [-0.39, 0.29) is 18.5 Å². The molecule has 0 spiro atoms. The Labute approximate surface area is 122 Å². The second kappa shape index (κ2) is 6.08. The number of rotatable bonds is 5. The minimum atomic E-state index is -3.86. The van der Waals surface area contributed by atoms with Crippen molar-refractivity contribution < 1.29 is 27.4 Å². The molecule has 0 amide bonds. The van der Waals surface area contributed by atoms with Crippen LogP contribution in [0.25, 0.3) is 0 Å². The number of aliphatic carboxylic acids is 1. The van der Waals surface area contributed by atoms with Crippen molar-refractivity contribution in [2.24, 2.45) is 0 Å². The molecule has 21 heavy (non-hydrogen) atoms. The van der Waals surface area contributed by atoms with Crippen LogP contribution in [0.15, 0.2) is 24.3 Å². The lowest BCUT2D eigenvalue weighted by molar-refractivity contribution is -0.140. The van der Waals surface area contributed by atoms with Crippen LogP contribution in [0.2, 0.25) is 0 Å². The summed E-state index contributed by atoms with van der Waals surface area (Å²) in [6, 6.07) is 4.09. The molecule has 0 radical (unpaired) electrons. The van der Waals surface area contributed by atoms with Crippen molar-refractivity contribution in [1.82, 2.24) is 4.31 Å². The summed E-state index contributed by atoms with van der Waals surface area (Å²) in [5, 5.41) is 9.15. The topological polar surface area (TPSA) is 83.9 Å². The number of sulfonamides is 1. The van der Waals surface area contributed by atoms with Crippen LogP contribution in [0.1, 0.15) is 12.0 Å². The van der Waals surface area contributed by atoms with Gasteiger partial charge in [-0.1, -0.05) is 12.1 Å². The van der Waals surface area contributed by atoms with Crippen molar-refractivity contribution in [3.05, 3.63) is 35.6 Å². The first kappa shape index (κ1) is 15.9. The largest absolute Gasteiger partial charge is 0.480 e. The number of hydrogen-bond donors (Lipinski definition) is 1. The molecule has 8 heteroatoms. The highest BCUT2D eigenvalue weighted by Gasteiger charge is 2.43. The lowest BCUT2D eigenvalue weighted by atomic mass is 10.2. The monoisotopic (exact) mass is 317 g/mol. The lowest BCUT2D eigenvalue weighted by Gasteiger charge is -2.20. The summed E-state index contributed by atoms with van der Waals surface area (Å²) in [5.41, 5.74) is 0.278. The van der Waals surface area contributed by atoms with Crippen LogP contribution in [0.5, 0.6) is 0 Å². The molecule has 0 bridgehead atoms. The van der Waals surface area contributed by atoms with Gasteiger partial charge in [0, 0.05) is 20.1 Å². The molecule has 0 unspecified atom stereocenters. The molecule has 1 saturated heterocycles. The Kier molecular flexibility index (Phi) is 4.60. The average Bonchev–Trinajstić information content (AvgIpc) is 2.83. The highest BCUT2D eigenvalue weighted by atomic mass is 32.2. The van der Waals surface area contributed by atoms with Crippen molar-refractivity contribution in [1.29, 1.82) is 0 Å². The van der Waals surface area contributed by atoms with E-state index in [9.17, 15) is 17.6 Å². The lowest BCUT2D eigenvalue weighted by Crippen LogP contribution is -2.41. The molecule has 1 aliphatic heterocycles. The number of ether oxygens (including phenoxy) is 1. The normalized spacial score (nSPS) is 23.3. The molecule has 1 heterocycles. The molecule has 1 N–H and O–H groups in total. The van der Waals surface area contributed by atoms with Crippen molar-refractivity contribution in [2.45, 2.75) is 24.3 Å². The van der Waals surface area contributed by atoms with Crippen LogP contribution in [-0.2, 0) is 25.3 Å². The van der Waals surface area contributed by atoms with E-state index in [1.807, 2.05) is 0 Å². The predicted octanol–water partition coefficient (Wildman–Crippen LogP) is 0.829. The molecule has 6 nitrogen and oxygen atoms in total. The SMILES string of the molecule is CO[C@@H]1C[C@@H](C(=O)O)N(S(=O)(=O)Cc2cccc(F)c2)C1. The van der Waals surface area contributed by atoms with E-state index < -0.39 is 39.7 Å². The first-order valence-electron chi connectivity index (χ1n) is 6.33. The van der Waals surface area contributed by atoms with Gasteiger partial charge in [0.05, 0.1) is 11.9 Å². The van der Waals surface area contributed by atoms with Gasteiger partial charge in [-0.3, -0.25) is 4.79 Å². The predicted molar refractivity (Wildman–Crippen MR) is 72.6 cm³/mol. The summed E-state index contributed by atoms with van der Waals surface area (Å²) < 4.78 is 43.8. The highest BCUT2D eigenvalue weighted by molar-refractivity contribution is 7.88. The Balaban J connectivity index is 2.23. The maximum absolute atomic E-state index is 13.1. The maximum atomic E-state index is 13.1. The van der Waals surface area contributed by atoms with Gasteiger partial charge in [0.25, 0.3) is 0 Å². The molecule has 1 fully saturated rings. The molecular weight excluding hydrogens is 301 g/mol. The van der Waals surface area contributed by atoms with Crippen LogP contribution in [-0.4, -0.2) is 49.6 Å². The van der Waals surface area contributed by atoms with E-state index >= 15 is 0 Å². The Morgan fingerprint density at radius 1 is 1.52 bits per heavy atom. The minimum absolute atomic E-state index is 0.00881. The van der Waals surface area contributed by atoms with Gasteiger partial charge < -0.3 is 9.84 Å². The van der Waals surface area contributed by atoms with Crippen molar-refractivity contribution >= 4 is 16.0 Å². The summed E-state index contributed by atoms with van der Waals surface area (Å²) in [5.74, 6) is -2.18. The van der Waals surface area contributed by atoms with Gasteiger partial charge in [0.15, 0.2) is 0 Å². The number of carboxylic acid groups (broad SMARTS) is 1. The minimum Gasteiger partial charge on any atom is -0.480 e. The van der Waals surface area contributed by atoms with Crippen LogP contribution in [0.3, 0.4) is 0 Å². The third-order valence-corrected chi connectivity index (χ3v) is 5.25. The molecule has 2 rings (SSSR count). The Bertz CT molecular complexity index is 633. The molecule has 1 aliphatic rings. The zero-order valence-electron chi connectivity index (χ0n) is 11.4. The average molecular weight is 317 g/mol. The van der Waals surface area contributed by atoms with Crippen molar-refractivity contribution in [3.8, 4) is 0 Å². The quantitative estimate of drug-likeness (QED) is 0.869. The molecule has 0 aliphatic carbocycles. The maximum Gasteiger partial charge on any atom is 0.322 e. The molecule has 116 valence electrons. The van der Waals surface area contributed by atoms with E-state index in [0.29, 0.717) is 0 Å². The Morgan fingerprint density at radius 2 is 2.24 bits per heavy atom. The number of carboxylic acids is 1. The van der Waals surface area contributed by atoms with Crippen molar-refractivity contribution in [3.63, 3.8) is 0 Å². The molecule has 1 aromatic carbocycles. The number of hydrogen-bond acceptors (Lipinski definition) is 4. The van der Waals surface area contributed by atoms with Gasteiger partial charge in [-0.05, 0) is 17.7 Å². The summed E-state index contributed by atoms with van der Waals surface area (Å²) in [7, 11) is -2.45. The fourth-order valence-corrected chi connectivity index (χ4v) is 4.12. The Hall–Kier alpha value is -1.51. The smallest absolute Gasteiger partial charge is 0.322 e. The molecule has 0 aromatic heterocycles. The third kappa shape index (κ3) is 3.58. The van der Waals surface area contributed by atoms with E-state index in [2.05, 4.69) is 0 Å². The van der Waals surface area contributed by atoms with Gasteiger partial charge in [-0.25, -0.2) is 12.8 Å². The van der Waals surface area contributed by atoms with Gasteiger partial charge in [-0.15, -0.1) is 0 Å². The second-order valence-corrected chi connectivity index (χ2v) is 6.82. The number of benzene rings is 1. The fraction of sp³-hybridized carbons (Fsp3) is 0.462. The number of halogens is 1. The van der Waals surface area contributed by atoms with E-state index in [1.165, 1.54) is 25.3 Å². The number of carbonyl (C=O) groups is 1. The zero-order valence-corrected chi connectivity index (χ0v) is 12.2. The zero-order chi connectivity index (χ0) is 15.6. The van der Waals surface area contributed by atoms with E-state index in [1.54, 1.807) is 0 Å². The standard InChI is InChI=1S/C13H16FNO5S/c1-20-11-6-12(13(16)17)15(7-11)21(18,19)8-9-3-2-4-10(14)5-9/h2-5,11-12H,6-8H2,1H3,(H,16,17)/t11-,12+/m1/s1.